The van der Waals surface area contributed by atoms with Gasteiger partial charge >= 0.3 is 36.9 Å². The number of hydrogen-bond acceptors (Lipinski definition) is 5. The van der Waals surface area contributed by atoms with Gasteiger partial charge in [0.2, 0.25) is 0 Å². The summed E-state index contributed by atoms with van der Waals surface area (Å²) >= 11 is -5.25. The van der Waals surface area contributed by atoms with Crippen LogP contribution in [-0.4, -0.2) is 48.1 Å². The van der Waals surface area contributed by atoms with Gasteiger partial charge in [-0.3, -0.25) is 0 Å². The largest absolute Gasteiger partial charge is 0 e. The summed E-state index contributed by atoms with van der Waals surface area (Å²) in [5.41, 5.74) is 0. The predicted molar refractivity (Wildman–Crippen MR) is 28.2 cm³/mol. The van der Waals surface area contributed by atoms with E-state index in [0.29, 0.717) is 0 Å². The monoisotopic (exact) mass is 299 g/mol. The summed E-state index contributed by atoms with van der Waals surface area (Å²) in [6, 6.07) is 0. The Hall–Kier alpha value is 1.63. The van der Waals surface area contributed by atoms with E-state index < -0.39 is 20.9 Å². The normalized spacial score (nSPS) is 7.73. The van der Waals surface area contributed by atoms with Gasteiger partial charge < -0.3 is 15.1 Å². The quantitative estimate of drug-likeness (QED) is 0.284. The average molecular weight is 299 g/mol. The second-order valence-corrected chi connectivity index (χ2v) is 2.19. The molecule has 0 aromatic rings. The van der Waals surface area contributed by atoms with E-state index in [1.165, 1.54) is 0 Å². The van der Waals surface area contributed by atoms with Crippen LogP contribution in [0.3, 0.4) is 0 Å². The maximum Gasteiger partial charge on any atom is 0 e. The second-order valence-electron chi connectivity index (χ2n) is 0.794. The van der Waals surface area contributed by atoms with Gasteiger partial charge in [-0.15, -0.1) is 0 Å². The molecule has 0 fully saturated rings. The summed E-state index contributed by atoms with van der Waals surface area (Å²) in [4.78, 5) is 0. The van der Waals surface area contributed by atoms with E-state index in [2.05, 4.69) is 0 Å². The van der Waals surface area contributed by atoms with Gasteiger partial charge in [-0.2, -0.15) is 0 Å². The van der Waals surface area contributed by atoms with Crippen molar-refractivity contribution >= 4 is 24.7 Å². The van der Waals surface area contributed by atoms with Crippen molar-refractivity contribution < 1.29 is 77.3 Å². The molecule has 0 aromatic heterocycles. The van der Waals surface area contributed by atoms with Crippen molar-refractivity contribution in [2.75, 3.05) is 0 Å². The molecule has 0 bridgehead atoms. The maximum atomic E-state index is 8.82. The smallest absolute Gasteiger partial charge is 0 e. The van der Waals surface area contributed by atoms with E-state index in [0.717, 1.165) is 0 Å². The van der Waals surface area contributed by atoms with Crippen molar-refractivity contribution in [2.45, 2.75) is 0 Å². The molecule has 0 rings (SSSR count). The van der Waals surface area contributed by atoms with Gasteiger partial charge in [-0.05, 0) is 0 Å². The van der Waals surface area contributed by atoms with Crippen molar-refractivity contribution in [3.05, 3.63) is 0 Å². The fourth-order valence-corrected chi connectivity index (χ4v) is 0. The van der Waals surface area contributed by atoms with Crippen molar-refractivity contribution in [1.82, 2.24) is 0 Å². The predicted octanol–water partition coefficient (Wildman–Crippen LogP) is -4.59. The Morgan fingerprint density at radius 2 is 1.00 bits per heavy atom. The summed E-state index contributed by atoms with van der Waals surface area (Å²) in [5.74, 6) is 0. The van der Waals surface area contributed by atoms with Crippen LogP contribution in [0.2, 0.25) is 0 Å². The summed E-state index contributed by atoms with van der Waals surface area (Å²) < 4.78 is 31.9. The first-order valence-electron chi connectivity index (χ1n) is 1.47. The summed E-state index contributed by atoms with van der Waals surface area (Å²) in [7, 11) is -2.17. The second kappa shape index (κ2) is 11.6. The van der Waals surface area contributed by atoms with Crippen LogP contribution in [0, 0.1) is 0 Å². The SMILES string of the molecule is OB(O)O.[AlH3].[O]=[Cr](=[O])([OH])[OH].[Y]. The molecule has 0 heterocycles. The van der Waals surface area contributed by atoms with Crippen LogP contribution in [0.15, 0.2) is 0 Å². The first-order valence-corrected chi connectivity index (χ1v) is 3.65. The topological polar surface area (TPSA) is 135 Å². The molecule has 0 spiro atoms. The Balaban J connectivity index is -0.0000000383. The van der Waals surface area contributed by atoms with Gasteiger partial charge in [0.25, 0.3) is 0 Å². The molecule has 65 valence electrons. The van der Waals surface area contributed by atoms with Crippen molar-refractivity contribution in [3.63, 3.8) is 0 Å². The van der Waals surface area contributed by atoms with Crippen LogP contribution in [0.4, 0.5) is 0 Å². The average Bonchev–Trinajstić information content (AvgIpc) is 1.19. The van der Waals surface area contributed by atoms with Gasteiger partial charge in [0.05, 0.1) is 0 Å². The molecule has 11 heteroatoms. The van der Waals surface area contributed by atoms with E-state index in [-0.39, 0.29) is 50.1 Å². The Morgan fingerprint density at radius 1 is 1.00 bits per heavy atom. The van der Waals surface area contributed by atoms with Crippen LogP contribution in [0.1, 0.15) is 0 Å². The van der Waals surface area contributed by atoms with Crippen LogP contribution in [-0.2, 0) is 53.9 Å². The van der Waals surface area contributed by atoms with E-state index >= 15 is 0 Å². The van der Waals surface area contributed by atoms with Crippen molar-refractivity contribution in [3.8, 4) is 0 Å². The molecule has 0 aliphatic carbocycles. The molecule has 1 radical (unpaired) electrons. The molecule has 0 aliphatic heterocycles. The molecular weight excluding hydrogens is 291 g/mol. The number of rotatable bonds is 0. The zero-order valence-electron chi connectivity index (χ0n) is 4.62. The third-order valence-corrected chi connectivity index (χ3v) is 0. The Morgan fingerprint density at radius 3 is 1.00 bits per heavy atom. The molecule has 0 aliphatic rings. The van der Waals surface area contributed by atoms with Gasteiger partial charge in [-0.25, -0.2) is 0 Å². The zero-order chi connectivity index (χ0) is 8.08. The van der Waals surface area contributed by atoms with E-state index in [9.17, 15) is 0 Å². The fraction of sp³-hybridized carbons (Fsp3) is 0. The van der Waals surface area contributed by atoms with Crippen LogP contribution >= 0.6 is 0 Å². The molecular formula is H8AlBCrO7Y. The van der Waals surface area contributed by atoms with Crippen LogP contribution < -0.4 is 0 Å². The van der Waals surface area contributed by atoms with Crippen LogP contribution in [0.25, 0.3) is 0 Å². The molecule has 0 amide bonds. The Labute approximate surface area is 101 Å². The van der Waals surface area contributed by atoms with E-state index in [1.807, 2.05) is 0 Å². The molecule has 7 nitrogen and oxygen atoms in total. The molecule has 0 atom stereocenters. The van der Waals surface area contributed by atoms with Gasteiger partial charge in [0.15, 0.2) is 17.4 Å². The minimum Gasteiger partial charge on any atom is 0 e. The standard InChI is InChI=1S/Al.BH3O3.Cr.2H2O.2O.Y.3H/c;2-1(3)4;;;;;;;;;/h;2-4H;;2*1H2;;;;;;/q;;+2;;;;;;;;/p-2. The fourth-order valence-electron chi connectivity index (χ4n) is 0. The summed E-state index contributed by atoms with van der Waals surface area (Å²) in [5, 5.41) is 21.5. The van der Waals surface area contributed by atoms with E-state index in [4.69, 9.17) is 31.0 Å². The van der Waals surface area contributed by atoms with Gasteiger partial charge in [-0.1, -0.05) is 0 Å². The van der Waals surface area contributed by atoms with Gasteiger partial charge in [0.1, 0.15) is 0 Å². The Bertz CT molecular complexity index is 130. The first kappa shape index (κ1) is 22.9. The summed E-state index contributed by atoms with van der Waals surface area (Å²) in [6.07, 6.45) is 0. The van der Waals surface area contributed by atoms with Crippen molar-refractivity contribution in [2.24, 2.45) is 0 Å². The molecule has 0 aromatic carbocycles. The molecule has 0 saturated heterocycles. The first-order chi connectivity index (χ1) is 3.73. The minimum absolute atomic E-state index is 0. The van der Waals surface area contributed by atoms with Crippen molar-refractivity contribution in [1.29, 1.82) is 0 Å². The molecule has 0 saturated carbocycles. The molecule has 5 N–H and O–H groups in total. The minimum atomic E-state index is -5.25. The van der Waals surface area contributed by atoms with Crippen LogP contribution in [0.5, 0.6) is 0 Å². The zero-order valence-corrected chi connectivity index (χ0v) is 8.73. The Kier molecular flexibility index (Phi) is 24.3. The van der Waals surface area contributed by atoms with Gasteiger partial charge in [0, 0.05) is 32.7 Å². The molecule has 0 unspecified atom stereocenters. The third kappa shape index (κ3) is 405. The number of hydrogen-bond donors (Lipinski definition) is 5. The maximum absolute atomic E-state index is 8.82. The third-order valence-electron chi connectivity index (χ3n) is 0. The molecule has 11 heavy (non-hydrogen) atoms. The van der Waals surface area contributed by atoms with E-state index in [1.54, 1.807) is 0 Å². The summed E-state index contributed by atoms with van der Waals surface area (Å²) in [6.45, 7) is 0.